The van der Waals surface area contributed by atoms with Crippen molar-refractivity contribution in [1.29, 1.82) is 0 Å². The lowest BCUT2D eigenvalue weighted by atomic mass is 10.2. The van der Waals surface area contributed by atoms with E-state index < -0.39 is 0 Å². The van der Waals surface area contributed by atoms with E-state index in [4.69, 9.17) is 0 Å². The summed E-state index contributed by atoms with van der Waals surface area (Å²) in [6.45, 7) is 4.00. The molecule has 3 aromatic rings. The van der Waals surface area contributed by atoms with Gasteiger partial charge in [-0.25, -0.2) is 0 Å². The fourth-order valence-electron chi connectivity index (χ4n) is 1.90. The molecule has 2 heteroatoms. The summed E-state index contributed by atoms with van der Waals surface area (Å²) in [6.07, 6.45) is 0. The standard InChI is InChI=1S/C12H9NO.C2H6/c14-13-11-7-3-1-5-9(11)10-6-2-4-8-12(10)13;1-2/h1-8,14H;1-2H3. The van der Waals surface area contributed by atoms with Crippen molar-refractivity contribution >= 4 is 21.8 Å². The van der Waals surface area contributed by atoms with Gasteiger partial charge in [-0.15, -0.1) is 0 Å². The van der Waals surface area contributed by atoms with Crippen LogP contribution in [0.4, 0.5) is 0 Å². The highest BCUT2D eigenvalue weighted by atomic mass is 16.5. The van der Waals surface area contributed by atoms with Crippen molar-refractivity contribution in [2.75, 3.05) is 0 Å². The van der Waals surface area contributed by atoms with Gasteiger partial charge in [0.15, 0.2) is 0 Å². The number of rotatable bonds is 0. The van der Waals surface area contributed by atoms with Crippen LogP contribution in [0, 0.1) is 0 Å². The predicted molar refractivity (Wildman–Crippen MR) is 68.0 cm³/mol. The van der Waals surface area contributed by atoms with Crippen molar-refractivity contribution < 1.29 is 5.21 Å². The molecule has 0 aliphatic carbocycles. The van der Waals surface area contributed by atoms with E-state index in [-0.39, 0.29) is 0 Å². The first-order chi connectivity index (χ1) is 7.88. The maximum Gasteiger partial charge on any atom is 0.0879 e. The SMILES string of the molecule is CC.On1c2ccccc2c2ccccc21. The van der Waals surface area contributed by atoms with Crippen LogP contribution in [-0.4, -0.2) is 9.94 Å². The summed E-state index contributed by atoms with van der Waals surface area (Å²) >= 11 is 0. The van der Waals surface area contributed by atoms with E-state index in [1.165, 1.54) is 4.73 Å². The number of fused-ring (bicyclic) bond motifs is 3. The lowest BCUT2D eigenvalue weighted by Crippen LogP contribution is -1.87. The number of para-hydroxylation sites is 2. The third-order valence-electron chi connectivity index (χ3n) is 2.55. The summed E-state index contributed by atoms with van der Waals surface area (Å²) in [5.41, 5.74) is 1.71. The molecule has 2 aromatic carbocycles. The first-order valence-electron chi connectivity index (χ1n) is 5.55. The summed E-state index contributed by atoms with van der Waals surface area (Å²) in [5.74, 6) is 0. The summed E-state index contributed by atoms with van der Waals surface area (Å²) in [5, 5.41) is 12.0. The topological polar surface area (TPSA) is 25.2 Å². The monoisotopic (exact) mass is 213 g/mol. The lowest BCUT2D eigenvalue weighted by molar-refractivity contribution is 0.213. The molecule has 0 spiro atoms. The first-order valence-corrected chi connectivity index (χ1v) is 5.55. The minimum Gasteiger partial charge on any atom is -0.428 e. The van der Waals surface area contributed by atoms with Crippen LogP contribution in [0.5, 0.6) is 0 Å². The summed E-state index contributed by atoms with van der Waals surface area (Å²) in [4.78, 5) is 0. The van der Waals surface area contributed by atoms with Gasteiger partial charge < -0.3 is 5.21 Å². The Morgan fingerprint density at radius 1 is 0.750 bits per heavy atom. The molecule has 0 bridgehead atoms. The molecule has 0 atom stereocenters. The van der Waals surface area contributed by atoms with Gasteiger partial charge in [0.25, 0.3) is 0 Å². The smallest absolute Gasteiger partial charge is 0.0879 e. The molecular weight excluding hydrogens is 198 g/mol. The van der Waals surface area contributed by atoms with Crippen LogP contribution in [-0.2, 0) is 0 Å². The Morgan fingerprint density at radius 3 is 1.56 bits per heavy atom. The van der Waals surface area contributed by atoms with Gasteiger partial charge in [0.2, 0.25) is 0 Å². The van der Waals surface area contributed by atoms with E-state index >= 15 is 0 Å². The summed E-state index contributed by atoms with van der Waals surface area (Å²) in [7, 11) is 0. The number of aromatic nitrogens is 1. The van der Waals surface area contributed by atoms with Gasteiger partial charge in [-0.3, -0.25) is 0 Å². The molecule has 0 fully saturated rings. The zero-order valence-corrected chi connectivity index (χ0v) is 9.51. The van der Waals surface area contributed by atoms with E-state index in [0.717, 1.165) is 21.8 Å². The molecule has 3 rings (SSSR count). The van der Waals surface area contributed by atoms with Crippen LogP contribution in [0.15, 0.2) is 48.5 Å². The van der Waals surface area contributed by atoms with Gasteiger partial charge in [-0.2, -0.15) is 4.73 Å². The number of hydrogen-bond donors (Lipinski definition) is 1. The number of hydrogen-bond acceptors (Lipinski definition) is 1. The van der Waals surface area contributed by atoms with E-state index in [9.17, 15) is 5.21 Å². The highest BCUT2D eigenvalue weighted by molar-refractivity contribution is 6.07. The molecule has 0 radical (unpaired) electrons. The highest BCUT2D eigenvalue weighted by Crippen LogP contribution is 2.26. The summed E-state index contributed by atoms with van der Waals surface area (Å²) in [6, 6.07) is 15.7. The molecule has 1 aromatic heterocycles. The fraction of sp³-hybridized carbons (Fsp3) is 0.143. The minimum atomic E-state index is 0.855. The second-order valence-corrected chi connectivity index (χ2v) is 3.35. The zero-order valence-electron chi connectivity index (χ0n) is 9.51. The van der Waals surface area contributed by atoms with Crippen molar-refractivity contribution in [3.8, 4) is 0 Å². The predicted octanol–water partition coefficient (Wildman–Crippen LogP) is 4.06. The van der Waals surface area contributed by atoms with Crippen LogP contribution in [0.2, 0.25) is 0 Å². The average Bonchev–Trinajstić information content (AvgIpc) is 2.67. The molecule has 1 heterocycles. The minimum absolute atomic E-state index is 0.855. The molecule has 0 saturated heterocycles. The Balaban J connectivity index is 0.000000457. The van der Waals surface area contributed by atoms with Crippen LogP contribution in [0.25, 0.3) is 21.8 Å². The highest BCUT2D eigenvalue weighted by Gasteiger charge is 2.06. The van der Waals surface area contributed by atoms with Crippen LogP contribution in [0.1, 0.15) is 13.8 Å². The molecule has 1 N–H and O–H groups in total. The molecule has 0 aliphatic heterocycles. The average molecular weight is 213 g/mol. The number of benzene rings is 2. The van der Waals surface area contributed by atoms with Crippen molar-refractivity contribution in [3.63, 3.8) is 0 Å². The third kappa shape index (κ3) is 1.43. The second-order valence-electron chi connectivity index (χ2n) is 3.35. The van der Waals surface area contributed by atoms with E-state index in [2.05, 4.69) is 0 Å². The van der Waals surface area contributed by atoms with Crippen molar-refractivity contribution in [1.82, 2.24) is 4.73 Å². The van der Waals surface area contributed by atoms with E-state index in [0.29, 0.717) is 0 Å². The number of nitrogens with zero attached hydrogens (tertiary/aromatic N) is 1. The Kier molecular flexibility index (Phi) is 2.82. The third-order valence-corrected chi connectivity index (χ3v) is 2.55. The largest absolute Gasteiger partial charge is 0.428 e. The van der Waals surface area contributed by atoms with Crippen LogP contribution >= 0.6 is 0 Å². The van der Waals surface area contributed by atoms with Gasteiger partial charge >= 0.3 is 0 Å². The van der Waals surface area contributed by atoms with Gasteiger partial charge in [0.1, 0.15) is 0 Å². The molecule has 0 amide bonds. The lowest BCUT2D eigenvalue weighted by Gasteiger charge is -1.94. The van der Waals surface area contributed by atoms with Gasteiger partial charge in [0.05, 0.1) is 11.0 Å². The molecule has 82 valence electrons. The maximum atomic E-state index is 9.87. The van der Waals surface area contributed by atoms with E-state index in [1.54, 1.807) is 0 Å². The Labute approximate surface area is 94.7 Å². The van der Waals surface area contributed by atoms with Crippen molar-refractivity contribution in [2.24, 2.45) is 0 Å². The molecule has 2 nitrogen and oxygen atoms in total. The van der Waals surface area contributed by atoms with E-state index in [1.807, 2.05) is 62.4 Å². The maximum absolute atomic E-state index is 9.87. The first kappa shape index (κ1) is 10.6. The van der Waals surface area contributed by atoms with Crippen molar-refractivity contribution in [3.05, 3.63) is 48.5 Å². The molecule has 0 saturated carbocycles. The van der Waals surface area contributed by atoms with Gasteiger partial charge in [-0.1, -0.05) is 50.2 Å². The van der Waals surface area contributed by atoms with Crippen LogP contribution in [0.3, 0.4) is 0 Å². The molecule has 16 heavy (non-hydrogen) atoms. The normalized spacial score (nSPS) is 10.1. The van der Waals surface area contributed by atoms with Crippen LogP contribution < -0.4 is 0 Å². The molecule has 0 aliphatic rings. The fourth-order valence-corrected chi connectivity index (χ4v) is 1.90. The zero-order chi connectivity index (χ0) is 11.5. The van der Waals surface area contributed by atoms with Gasteiger partial charge in [-0.05, 0) is 12.1 Å². The quantitative estimate of drug-likeness (QED) is 0.560. The molecular formula is C14H15NO. The Morgan fingerprint density at radius 2 is 1.12 bits per heavy atom. The van der Waals surface area contributed by atoms with Gasteiger partial charge in [0, 0.05) is 10.8 Å². The summed E-state index contributed by atoms with van der Waals surface area (Å²) < 4.78 is 1.24. The Hall–Kier alpha value is -1.96. The van der Waals surface area contributed by atoms with Crippen molar-refractivity contribution in [2.45, 2.75) is 13.8 Å². The molecule has 0 unspecified atom stereocenters. The second kappa shape index (κ2) is 4.27. The Bertz CT molecular complexity index is 557.